The quantitative estimate of drug-likeness (QED) is 0.342. The zero-order valence-electron chi connectivity index (χ0n) is 15.8. The molecule has 28 heavy (non-hydrogen) atoms. The summed E-state index contributed by atoms with van der Waals surface area (Å²) < 4.78 is 27.7. The van der Waals surface area contributed by atoms with Gasteiger partial charge in [-0.05, 0) is 48.9 Å². The lowest BCUT2D eigenvalue weighted by Gasteiger charge is -2.18. The fourth-order valence-electron chi connectivity index (χ4n) is 2.64. The lowest BCUT2D eigenvalue weighted by Crippen LogP contribution is -2.26. The van der Waals surface area contributed by atoms with Crippen molar-refractivity contribution >= 4 is 21.8 Å². The van der Waals surface area contributed by atoms with E-state index in [1.807, 2.05) is 67.8 Å². The third kappa shape index (κ3) is 4.78. The summed E-state index contributed by atoms with van der Waals surface area (Å²) in [5.41, 5.74) is 2.70. The molecule has 0 saturated carbocycles. The van der Waals surface area contributed by atoms with Gasteiger partial charge < -0.3 is 0 Å². The van der Waals surface area contributed by atoms with Crippen LogP contribution in [0.5, 0.6) is 0 Å². The maximum atomic E-state index is 13.2. The Labute approximate surface area is 171 Å². The summed E-state index contributed by atoms with van der Waals surface area (Å²) in [6.45, 7) is 2.11. The van der Waals surface area contributed by atoms with E-state index in [2.05, 4.69) is 12.0 Å². The molecule has 0 saturated heterocycles. The molecule has 3 rings (SSSR count). The smallest absolute Gasteiger partial charge is 0.220 e. The molecular formula is C23H21NO2S2. The molecule has 0 aromatic heterocycles. The van der Waals surface area contributed by atoms with Gasteiger partial charge in [0.15, 0.2) is 0 Å². The molecule has 0 unspecified atom stereocenters. The van der Waals surface area contributed by atoms with Crippen molar-refractivity contribution in [1.29, 1.82) is 0 Å². The van der Waals surface area contributed by atoms with Gasteiger partial charge in [-0.1, -0.05) is 60.2 Å². The van der Waals surface area contributed by atoms with Gasteiger partial charge in [0.1, 0.15) is 0 Å². The molecule has 3 aromatic rings. The minimum atomic E-state index is -3.75. The van der Waals surface area contributed by atoms with E-state index in [0.717, 1.165) is 21.6 Å². The predicted molar refractivity (Wildman–Crippen MR) is 115 cm³/mol. The highest BCUT2D eigenvalue weighted by Gasteiger charge is 2.22. The standard InChI is InChI=1S/C23H21NO2S2/c1-19-12-14-22(15-13-19)28(25,26)24(18-20-8-4-3-5-9-20)17-16-21-10-6-7-11-23(21)27-2/h3-15H,18H2,1-2H3. The van der Waals surface area contributed by atoms with Crippen LogP contribution in [0.4, 0.5) is 0 Å². The first-order valence-corrected chi connectivity index (χ1v) is 11.5. The van der Waals surface area contributed by atoms with Gasteiger partial charge in [-0.25, -0.2) is 12.7 Å². The van der Waals surface area contributed by atoms with Crippen molar-refractivity contribution in [3.63, 3.8) is 0 Å². The summed E-state index contributed by atoms with van der Waals surface area (Å²) in [4.78, 5) is 1.25. The fourth-order valence-corrected chi connectivity index (χ4v) is 4.41. The Morgan fingerprint density at radius 1 is 0.893 bits per heavy atom. The normalized spacial score (nSPS) is 10.8. The van der Waals surface area contributed by atoms with Gasteiger partial charge in [0.2, 0.25) is 0 Å². The summed E-state index contributed by atoms with van der Waals surface area (Å²) in [6.07, 6.45) is 1.98. The predicted octanol–water partition coefficient (Wildman–Crippen LogP) is 4.92. The van der Waals surface area contributed by atoms with Crippen LogP contribution in [0.3, 0.4) is 0 Å². The molecule has 3 nitrogen and oxygen atoms in total. The Hall–Kier alpha value is -2.68. The van der Waals surface area contributed by atoms with Crippen LogP contribution >= 0.6 is 11.8 Å². The number of thioether (sulfide) groups is 1. The number of benzene rings is 3. The Morgan fingerprint density at radius 3 is 2.21 bits per heavy atom. The fraction of sp³-hybridized carbons (Fsp3) is 0.130. The zero-order chi connectivity index (χ0) is 20.0. The first-order chi connectivity index (χ1) is 13.5. The second-order valence-electron chi connectivity index (χ2n) is 6.25. The summed E-state index contributed by atoms with van der Waals surface area (Å²) in [5.74, 6) is 3.05. The lowest BCUT2D eigenvalue weighted by atomic mass is 10.2. The molecule has 0 amide bonds. The first-order valence-electron chi connectivity index (χ1n) is 8.79. The number of nitrogens with zero attached hydrogens (tertiary/aromatic N) is 1. The molecule has 0 aliphatic carbocycles. The van der Waals surface area contributed by atoms with E-state index in [1.54, 1.807) is 36.0 Å². The van der Waals surface area contributed by atoms with Gasteiger partial charge in [-0.15, -0.1) is 11.8 Å². The van der Waals surface area contributed by atoms with Crippen LogP contribution in [0.25, 0.3) is 0 Å². The molecule has 5 heteroatoms. The second kappa shape index (κ2) is 9.01. The van der Waals surface area contributed by atoms with Crippen molar-refractivity contribution in [3.05, 3.63) is 95.6 Å². The second-order valence-corrected chi connectivity index (χ2v) is 8.96. The topological polar surface area (TPSA) is 37.4 Å². The Balaban J connectivity index is 2.03. The molecule has 0 aliphatic heterocycles. The molecule has 0 radical (unpaired) electrons. The zero-order valence-corrected chi connectivity index (χ0v) is 17.4. The van der Waals surface area contributed by atoms with Crippen LogP contribution in [0, 0.1) is 18.9 Å². The van der Waals surface area contributed by atoms with Gasteiger partial charge in [-0.2, -0.15) is 0 Å². The van der Waals surface area contributed by atoms with Crippen LogP contribution in [-0.2, 0) is 16.6 Å². The minimum absolute atomic E-state index is 0.186. The van der Waals surface area contributed by atoms with E-state index in [-0.39, 0.29) is 11.4 Å². The van der Waals surface area contributed by atoms with Crippen molar-refractivity contribution in [1.82, 2.24) is 4.31 Å². The molecule has 0 spiro atoms. The van der Waals surface area contributed by atoms with Crippen molar-refractivity contribution in [2.24, 2.45) is 0 Å². The van der Waals surface area contributed by atoms with E-state index >= 15 is 0 Å². The molecule has 0 atom stereocenters. The van der Waals surface area contributed by atoms with Crippen LogP contribution in [0.1, 0.15) is 16.7 Å². The maximum Gasteiger partial charge on any atom is 0.271 e. The molecule has 0 heterocycles. The molecule has 0 aliphatic rings. The highest BCUT2D eigenvalue weighted by atomic mass is 32.2. The summed E-state index contributed by atoms with van der Waals surface area (Å²) >= 11 is 1.59. The number of hydrogen-bond donors (Lipinski definition) is 0. The molecule has 0 bridgehead atoms. The maximum absolute atomic E-state index is 13.2. The van der Waals surface area contributed by atoms with E-state index in [4.69, 9.17) is 0 Å². The average molecular weight is 408 g/mol. The Morgan fingerprint density at radius 2 is 1.54 bits per heavy atom. The van der Waals surface area contributed by atoms with Crippen molar-refractivity contribution in [3.8, 4) is 12.0 Å². The molecule has 142 valence electrons. The van der Waals surface area contributed by atoms with Crippen molar-refractivity contribution < 1.29 is 8.42 Å². The summed E-state index contributed by atoms with van der Waals surface area (Å²) in [7, 11) is -3.75. The third-order valence-corrected chi connectivity index (χ3v) is 6.66. The average Bonchev–Trinajstić information content (AvgIpc) is 2.72. The summed E-state index contributed by atoms with van der Waals surface area (Å²) in [6, 6.07) is 26.9. The van der Waals surface area contributed by atoms with E-state index in [9.17, 15) is 8.42 Å². The molecule has 3 aromatic carbocycles. The van der Waals surface area contributed by atoms with Gasteiger partial charge >= 0.3 is 0 Å². The van der Waals surface area contributed by atoms with Crippen LogP contribution < -0.4 is 0 Å². The third-order valence-electron chi connectivity index (χ3n) is 4.20. The minimum Gasteiger partial charge on any atom is -0.220 e. The number of aryl methyl sites for hydroxylation is 1. The number of sulfonamides is 1. The van der Waals surface area contributed by atoms with Gasteiger partial charge in [0.25, 0.3) is 10.0 Å². The Bertz CT molecular complexity index is 1100. The van der Waals surface area contributed by atoms with Crippen molar-refractivity contribution in [2.45, 2.75) is 23.3 Å². The SMILES string of the molecule is CSc1ccccc1C#CN(Cc1ccccc1)S(=O)(=O)c1ccc(C)cc1. The van der Waals surface area contributed by atoms with E-state index in [0.29, 0.717) is 0 Å². The molecule has 0 fully saturated rings. The summed E-state index contributed by atoms with van der Waals surface area (Å²) in [5, 5.41) is 0. The first kappa shape index (κ1) is 20.1. The molecular weight excluding hydrogens is 386 g/mol. The van der Waals surface area contributed by atoms with Crippen LogP contribution in [-0.4, -0.2) is 19.0 Å². The lowest BCUT2D eigenvalue weighted by molar-refractivity contribution is 0.508. The van der Waals surface area contributed by atoms with Crippen LogP contribution in [0.15, 0.2) is 88.7 Å². The Kier molecular flexibility index (Phi) is 6.45. The largest absolute Gasteiger partial charge is 0.271 e. The number of hydrogen-bond acceptors (Lipinski definition) is 3. The monoisotopic (exact) mass is 407 g/mol. The van der Waals surface area contributed by atoms with Crippen LogP contribution in [0.2, 0.25) is 0 Å². The highest BCUT2D eigenvalue weighted by molar-refractivity contribution is 7.98. The van der Waals surface area contributed by atoms with Gasteiger partial charge in [0, 0.05) is 16.5 Å². The molecule has 0 N–H and O–H groups in total. The highest BCUT2D eigenvalue weighted by Crippen LogP contribution is 2.21. The van der Waals surface area contributed by atoms with Gasteiger partial charge in [-0.3, -0.25) is 0 Å². The van der Waals surface area contributed by atoms with E-state index < -0.39 is 10.0 Å². The number of rotatable bonds is 5. The van der Waals surface area contributed by atoms with E-state index in [1.165, 1.54) is 4.31 Å². The van der Waals surface area contributed by atoms with Crippen molar-refractivity contribution in [2.75, 3.05) is 6.26 Å². The van der Waals surface area contributed by atoms with Gasteiger partial charge in [0.05, 0.1) is 11.4 Å².